The summed E-state index contributed by atoms with van der Waals surface area (Å²) in [7, 11) is 0. The number of hydrogen-bond donors (Lipinski definition) is 1. The maximum Gasteiger partial charge on any atom is 0.123 e. The Bertz CT molecular complexity index is 354. The quantitative estimate of drug-likeness (QED) is 0.663. The number of nitrogens with one attached hydrogen (secondary N) is 1. The summed E-state index contributed by atoms with van der Waals surface area (Å²) in [6, 6.07) is 6.43. The third-order valence-electron chi connectivity index (χ3n) is 2.82. The normalized spacial score (nSPS) is 18.2. The molecule has 2 nitrogen and oxygen atoms in total. The first kappa shape index (κ1) is 11.9. The first-order valence-corrected chi connectivity index (χ1v) is 6.94. The molecule has 0 radical (unpaired) electrons. The minimum Gasteiger partial charge on any atom is -0.488 e. The van der Waals surface area contributed by atoms with E-state index in [9.17, 15) is 0 Å². The lowest BCUT2D eigenvalue weighted by atomic mass is 10.1. The zero-order valence-corrected chi connectivity index (χ0v) is 11.2. The predicted molar refractivity (Wildman–Crippen MR) is 70.6 cm³/mol. The first-order chi connectivity index (χ1) is 7.79. The number of fused-ring (bicyclic) bond motifs is 1. The number of hydrogen-bond acceptors (Lipinski definition) is 2. The second-order valence-electron chi connectivity index (χ2n) is 4.30. The van der Waals surface area contributed by atoms with Gasteiger partial charge >= 0.3 is 0 Å². The smallest absolute Gasteiger partial charge is 0.123 e. The molecule has 1 atom stereocenters. The molecule has 0 aliphatic carbocycles. The summed E-state index contributed by atoms with van der Waals surface area (Å²) in [5, 5.41) is 4.48. The van der Waals surface area contributed by atoms with Gasteiger partial charge in [0.15, 0.2) is 0 Å². The second-order valence-corrected chi connectivity index (χ2v) is 5.09. The van der Waals surface area contributed by atoms with E-state index in [1.54, 1.807) is 0 Å². The van der Waals surface area contributed by atoms with Crippen LogP contribution in [0.4, 0.5) is 0 Å². The van der Waals surface area contributed by atoms with Crippen molar-refractivity contribution in [3.05, 3.63) is 29.3 Å². The molecule has 0 aromatic heterocycles. The number of aryl methyl sites for hydroxylation is 1. The van der Waals surface area contributed by atoms with Crippen molar-refractivity contribution < 1.29 is 4.74 Å². The van der Waals surface area contributed by atoms with Crippen LogP contribution in [0.15, 0.2) is 18.2 Å². The highest BCUT2D eigenvalue weighted by molar-refractivity contribution is 9.09. The van der Waals surface area contributed by atoms with E-state index in [1.807, 2.05) is 0 Å². The van der Waals surface area contributed by atoms with Crippen molar-refractivity contribution in [2.75, 3.05) is 18.4 Å². The van der Waals surface area contributed by atoms with E-state index in [0.29, 0.717) is 6.10 Å². The lowest BCUT2D eigenvalue weighted by molar-refractivity contribution is 0.228. The van der Waals surface area contributed by atoms with Crippen molar-refractivity contribution in [2.24, 2.45) is 0 Å². The minimum absolute atomic E-state index is 0.312. The van der Waals surface area contributed by atoms with Crippen molar-refractivity contribution >= 4 is 15.9 Å². The summed E-state index contributed by atoms with van der Waals surface area (Å²) in [6.45, 7) is 4.13. The molecule has 1 aliphatic heterocycles. The molecule has 0 bridgehead atoms. The fourth-order valence-corrected chi connectivity index (χ4v) is 2.30. The Morgan fingerprint density at radius 1 is 1.50 bits per heavy atom. The second kappa shape index (κ2) is 5.69. The van der Waals surface area contributed by atoms with Crippen LogP contribution in [0.3, 0.4) is 0 Å². The molecule has 3 heteroatoms. The molecule has 1 aromatic carbocycles. The third kappa shape index (κ3) is 2.98. The molecule has 0 spiro atoms. The summed E-state index contributed by atoms with van der Waals surface area (Å²) in [4.78, 5) is 0. The highest BCUT2D eigenvalue weighted by atomic mass is 79.9. The highest BCUT2D eigenvalue weighted by Gasteiger charge is 2.21. The largest absolute Gasteiger partial charge is 0.488 e. The van der Waals surface area contributed by atoms with E-state index in [2.05, 4.69) is 46.4 Å². The first-order valence-electron chi connectivity index (χ1n) is 5.82. The number of rotatable bonds is 5. The summed E-state index contributed by atoms with van der Waals surface area (Å²) >= 11 is 3.42. The van der Waals surface area contributed by atoms with Gasteiger partial charge < -0.3 is 10.1 Å². The third-order valence-corrected chi connectivity index (χ3v) is 3.38. The summed E-state index contributed by atoms with van der Waals surface area (Å²) in [6.07, 6.45) is 2.52. The average Bonchev–Trinajstić information content (AvgIpc) is 2.66. The van der Waals surface area contributed by atoms with Crippen LogP contribution in [-0.4, -0.2) is 24.5 Å². The van der Waals surface area contributed by atoms with Gasteiger partial charge in [-0.3, -0.25) is 0 Å². The van der Waals surface area contributed by atoms with E-state index < -0.39 is 0 Å². The van der Waals surface area contributed by atoms with Crippen LogP contribution in [0, 0.1) is 6.92 Å². The topological polar surface area (TPSA) is 21.3 Å². The molecule has 1 aromatic rings. The lowest BCUT2D eigenvalue weighted by Crippen LogP contribution is -2.30. The maximum absolute atomic E-state index is 5.87. The monoisotopic (exact) mass is 283 g/mol. The summed E-state index contributed by atoms with van der Waals surface area (Å²) in [5.74, 6) is 1.07. The number of ether oxygens (including phenoxy) is 1. The van der Waals surface area contributed by atoms with Crippen LogP contribution < -0.4 is 10.1 Å². The highest BCUT2D eigenvalue weighted by Crippen LogP contribution is 2.29. The van der Waals surface area contributed by atoms with Crippen molar-refractivity contribution in [1.82, 2.24) is 5.32 Å². The van der Waals surface area contributed by atoms with E-state index in [-0.39, 0.29) is 0 Å². The van der Waals surface area contributed by atoms with Gasteiger partial charge in [0.1, 0.15) is 11.9 Å². The SMILES string of the molecule is Cc1ccc2c(c1)CC(CNCCCBr)O2. The van der Waals surface area contributed by atoms with Gasteiger partial charge in [0.2, 0.25) is 0 Å². The van der Waals surface area contributed by atoms with Crippen LogP contribution in [0.25, 0.3) is 0 Å². The molecule has 2 rings (SSSR count). The lowest BCUT2D eigenvalue weighted by Gasteiger charge is -2.11. The standard InChI is InChI=1S/C13H18BrNO/c1-10-3-4-13-11(7-10)8-12(16-13)9-15-6-2-5-14/h3-4,7,12,15H,2,5-6,8-9H2,1H3. The maximum atomic E-state index is 5.87. The molecule has 1 N–H and O–H groups in total. The Morgan fingerprint density at radius 2 is 2.38 bits per heavy atom. The molecular weight excluding hydrogens is 266 g/mol. The summed E-state index contributed by atoms with van der Waals surface area (Å²) in [5.41, 5.74) is 2.67. The van der Waals surface area contributed by atoms with Crippen LogP contribution >= 0.6 is 15.9 Å². The predicted octanol–water partition coefficient (Wildman–Crippen LogP) is 2.67. The van der Waals surface area contributed by atoms with Crippen molar-refractivity contribution in [3.8, 4) is 5.75 Å². The molecule has 0 fully saturated rings. The van der Waals surface area contributed by atoms with E-state index in [1.165, 1.54) is 17.5 Å². The Kier molecular flexibility index (Phi) is 4.24. The Morgan fingerprint density at radius 3 is 3.19 bits per heavy atom. The molecule has 88 valence electrons. The molecule has 0 saturated heterocycles. The van der Waals surface area contributed by atoms with Crippen LogP contribution in [-0.2, 0) is 6.42 Å². The molecule has 0 saturated carbocycles. The van der Waals surface area contributed by atoms with Gasteiger partial charge in [-0.15, -0.1) is 0 Å². The Balaban J connectivity index is 1.81. The number of alkyl halides is 1. The fourth-order valence-electron chi connectivity index (χ4n) is 2.02. The van der Waals surface area contributed by atoms with Gasteiger partial charge in [-0.25, -0.2) is 0 Å². The van der Waals surface area contributed by atoms with Crippen molar-refractivity contribution in [1.29, 1.82) is 0 Å². The fraction of sp³-hybridized carbons (Fsp3) is 0.538. The molecular formula is C13H18BrNO. The van der Waals surface area contributed by atoms with Crippen LogP contribution in [0.2, 0.25) is 0 Å². The van der Waals surface area contributed by atoms with E-state index in [0.717, 1.165) is 30.6 Å². The van der Waals surface area contributed by atoms with Gasteiger partial charge in [-0.1, -0.05) is 33.6 Å². The van der Waals surface area contributed by atoms with Crippen molar-refractivity contribution in [3.63, 3.8) is 0 Å². The summed E-state index contributed by atoms with van der Waals surface area (Å²) < 4.78 is 5.87. The molecule has 16 heavy (non-hydrogen) atoms. The average molecular weight is 284 g/mol. The van der Waals surface area contributed by atoms with Crippen LogP contribution in [0.1, 0.15) is 17.5 Å². The van der Waals surface area contributed by atoms with Gasteiger partial charge in [-0.05, 0) is 31.5 Å². The minimum atomic E-state index is 0.312. The van der Waals surface area contributed by atoms with Gasteiger partial charge in [0.05, 0.1) is 0 Å². The van der Waals surface area contributed by atoms with Crippen LogP contribution in [0.5, 0.6) is 5.75 Å². The van der Waals surface area contributed by atoms with Gasteiger partial charge in [-0.2, -0.15) is 0 Å². The Hall–Kier alpha value is -0.540. The molecule has 1 heterocycles. The Labute approximate surface area is 106 Å². The zero-order valence-electron chi connectivity index (χ0n) is 9.63. The number of benzene rings is 1. The van der Waals surface area contributed by atoms with E-state index >= 15 is 0 Å². The number of halogens is 1. The molecule has 1 aliphatic rings. The van der Waals surface area contributed by atoms with Crippen molar-refractivity contribution in [2.45, 2.75) is 25.9 Å². The van der Waals surface area contributed by atoms with E-state index in [4.69, 9.17) is 4.74 Å². The van der Waals surface area contributed by atoms with Gasteiger partial charge in [0, 0.05) is 18.3 Å². The van der Waals surface area contributed by atoms with Gasteiger partial charge in [0.25, 0.3) is 0 Å². The molecule has 0 amide bonds. The molecule has 1 unspecified atom stereocenters. The zero-order chi connectivity index (χ0) is 11.4.